The smallest absolute Gasteiger partial charge is 0.323 e. The normalized spacial score (nSPS) is 20.1. The van der Waals surface area contributed by atoms with Gasteiger partial charge in [-0.3, -0.25) is 9.69 Å². The van der Waals surface area contributed by atoms with Crippen LogP contribution < -0.4 is 5.32 Å². The van der Waals surface area contributed by atoms with E-state index in [1.807, 2.05) is 6.07 Å². The van der Waals surface area contributed by atoms with Crippen LogP contribution in [0.15, 0.2) is 24.3 Å². The van der Waals surface area contributed by atoms with Crippen LogP contribution >= 0.6 is 0 Å². The lowest BCUT2D eigenvalue weighted by Crippen LogP contribution is -2.43. The molecule has 3 amide bonds. The summed E-state index contributed by atoms with van der Waals surface area (Å²) < 4.78 is 0. The fourth-order valence-corrected chi connectivity index (χ4v) is 3.08. The van der Waals surface area contributed by atoms with Crippen LogP contribution in [0.3, 0.4) is 0 Å². The van der Waals surface area contributed by atoms with Crippen LogP contribution in [-0.4, -0.2) is 22.4 Å². The van der Waals surface area contributed by atoms with Crippen molar-refractivity contribution < 1.29 is 9.59 Å². The molecular formula is C19H25N3O2. The van der Waals surface area contributed by atoms with Gasteiger partial charge in [-0.15, -0.1) is 0 Å². The van der Waals surface area contributed by atoms with Crippen molar-refractivity contribution in [1.29, 1.82) is 5.26 Å². The van der Waals surface area contributed by atoms with Gasteiger partial charge in [0, 0.05) is 0 Å². The molecule has 0 unspecified atom stereocenters. The maximum absolute atomic E-state index is 12.7. The Balaban J connectivity index is 2.02. The Hall–Kier alpha value is -2.35. The number of carbonyl (C=O) groups is 2. The molecule has 1 atom stereocenters. The van der Waals surface area contributed by atoms with Gasteiger partial charge in [0.05, 0.1) is 18.2 Å². The minimum atomic E-state index is -0.828. The van der Waals surface area contributed by atoms with Gasteiger partial charge in [-0.05, 0) is 25.0 Å². The number of hydrogen-bond acceptors (Lipinski definition) is 3. The second-order valence-electron chi connectivity index (χ2n) is 6.59. The van der Waals surface area contributed by atoms with E-state index in [1.165, 1.54) is 17.7 Å². The Morgan fingerprint density at radius 1 is 1.17 bits per heavy atom. The van der Waals surface area contributed by atoms with E-state index in [1.54, 1.807) is 25.1 Å². The molecule has 0 saturated carbocycles. The first kappa shape index (κ1) is 18.0. The quantitative estimate of drug-likeness (QED) is 0.584. The zero-order chi connectivity index (χ0) is 17.6. The highest BCUT2D eigenvalue weighted by molar-refractivity contribution is 6.06. The molecule has 1 N–H and O–H groups in total. The van der Waals surface area contributed by atoms with Crippen molar-refractivity contribution in [1.82, 2.24) is 10.2 Å². The second kappa shape index (κ2) is 7.96. The topological polar surface area (TPSA) is 73.2 Å². The molecule has 0 aliphatic carbocycles. The van der Waals surface area contributed by atoms with Gasteiger partial charge in [0.25, 0.3) is 5.91 Å². The Morgan fingerprint density at radius 2 is 1.88 bits per heavy atom. The minimum Gasteiger partial charge on any atom is -0.323 e. The van der Waals surface area contributed by atoms with Crippen LogP contribution in [0.4, 0.5) is 4.79 Å². The van der Waals surface area contributed by atoms with E-state index >= 15 is 0 Å². The minimum absolute atomic E-state index is 0.139. The Kier molecular flexibility index (Phi) is 5.97. The maximum Gasteiger partial charge on any atom is 0.325 e. The molecular weight excluding hydrogens is 302 g/mol. The molecule has 1 heterocycles. The van der Waals surface area contributed by atoms with Crippen molar-refractivity contribution in [3.63, 3.8) is 0 Å². The molecule has 1 saturated heterocycles. The third-order valence-corrected chi connectivity index (χ3v) is 4.59. The first-order valence-corrected chi connectivity index (χ1v) is 8.64. The zero-order valence-corrected chi connectivity index (χ0v) is 14.5. The van der Waals surface area contributed by atoms with Crippen LogP contribution in [0.1, 0.15) is 63.5 Å². The highest BCUT2D eigenvalue weighted by atomic mass is 16.2. The molecule has 0 bridgehead atoms. The number of rotatable bonds is 8. The van der Waals surface area contributed by atoms with E-state index in [2.05, 4.69) is 18.3 Å². The lowest BCUT2D eigenvalue weighted by atomic mass is 9.94. The SMILES string of the molecule is CCCCCCC[C@]1(C)NC(=O)N(Cc2ccccc2C#N)C1=O. The van der Waals surface area contributed by atoms with Gasteiger partial charge < -0.3 is 5.32 Å². The summed E-state index contributed by atoms with van der Waals surface area (Å²) in [5.74, 6) is -0.198. The molecule has 24 heavy (non-hydrogen) atoms. The summed E-state index contributed by atoms with van der Waals surface area (Å²) in [7, 11) is 0. The molecule has 1 aromatic carbocycles. The van der Waals surface area contributed by atoms with Gasteiger partial charge in [-0.25, -0.2) is 4.79 Å². The average Bonchev–Trinajstić information content (AvgIpc) is 2.79. The molecule has 0 aromatic heterocycles. The van der Waals surface area contributed by atoms with Crippen molar-refractivity contribution in [3.05, 3.63) is 35.4 Å². The number of benzene rings is 1. The van der Waals surface area contributed by atoms with Gasteiger partial charge >= 0.3 is 6.03 Å². The number of carbonyl (C=O) groups excluding carboxylic acids is 2. The summed E-state index contributed by atoms with van der Waals surface area (Å²) in [5, 5.41) is 12.0. The van der Waals surface area contributed by atoms with Crippen molar-refractivity contribution in [3.8, 4) is 6.07 Å². The first-order chi connectivity index (χ1) is 11.5. The van der Waals surface area contributed by atoms with E-state index in [0.29, 0.717) is 17.5 Å². The summed E-state index contributed by atoms with van der Waals surface area (Å²) >= 11 is 0. The number of nitriles is 1. The standard InChI is InChI=1S/C19H25N3O2/c1-3-4-5-6-9-12-19(2)17(23)22(18(24)21-19)14-16-11-8-7-10-15(16)13-20/h7-8,10-11H,3-6,9,12,14H2,1-2H3,(H,21,24)/t19-/m0/s1. The van der Waals surface area contributed by atoms with E-state index in [-0.39, 0.29) is 18.5 Å². The fraction of sp³-hybridized carbons (Fsp3) is 0.526. The number of amides is 3. The summed E-state index contributed by atoms with van der Waals surface area (Å²) in [4.78, 5) is 26.2. The van der Waals surface area contributed by atoms with Crippen molar-refractivity contribution in [2.45, 2.75) is 64.5 Å². The summed E-state index contributed by atoms with van der Waals surface area (Å²) in [6.07, 6.45) is 6.19. The largest absolute Gasteiger partial charge is 0.325 e. The van der Waals surface area contributed by atoms with Crippen molar-refractivity contribution >= 4 is 11.9 Å². The van der Waals surface area contributed by atoms with Crippen molar-refractivity contribution in [2.24, 2.45) is 0 Å². The molecule has 1 fully saturated rings. The molecule has 1 aliphatic heterocycles. The van der Waals surface area contributed by atoms with E-state index in [9.17, 15) is 9.59 Å². The summed E-state index contributed by atoms with van der Waals surface area (Å²) in [6, 6.07) is 8.78. The fourth-order valence-electron chi connectivity index (χ4n) is 3.08. The van der Waals surface area contributed by atoms with Gasteiger partial charge in [-0.1, -0.05) is 57.2 Å². The summed E-state index contributed by atoms with van der Waals surface area (Å²) in [5.41, 5.74) is 0.354. The molecule has 5 nitrogen and oxygen atoms in total. The zero-order valence-electron chi connectivity index (χ0n) is 14.5. The first-order valence-electron chi connectivity index (χ1n) is 8.64. The highest BCUT2D eigenvalue weighted by Gasteiger charge is 2.47. The van der Waals surface area contributed by atoms with Crippen LogP contribution in [0.25, 0.3) is 0 Å². The molecule has 1 aliphatic rings. The molecule has 128 valence electrons. The molecule has 0 spiro atoms. The number of hydrogen-bond donors (Lipinski definition) is 1. The Morgan fingerprint density at radius 3 is 2.58 bits per heavy atom. The van der Waals surface area contributed by atoms with E-state index in [4.69, 9.17) is 5.26 Å². The lowest BCUT2D eigenvalue weighted by molar-refractivity contribution is -0.131. The predicted octanol–water partition coefficient (Wildman–Crippen LogP) is 3.73. The molecule has 2 rings (SSSR count). The predicted molar refractivity (Wildman–Crippen MR) is 92.0 cm³/mol. The molecule has 5 heteroatoms. The Bertz CT molecular complexity index is 650. The van der Waals surface area contributed by atoms with Gasteiger partial charge in [-0.2, -0.15) is 5.26 Å². The number of nitrogens with one attached hydrogen (secondary N) is 1. The third kappa shape index (κ3) is 3.94. The molecule has 0 radical (unpaired) electrons. The van der Waals surface area contributed by atoms with Gasteiger partial charge in [0.2, 0.25) is 0 Å². The highest BCUT2D eigenvalue weighted by Crippen LogP contribution is 2.26. The summed E-state index contributed by atoms with van der Waals surface area (Å²) in [6.45, 7) is 4.10. The van der Waals surface area contributed by atoms with Crippen LogP contribution in [0, 0.1) is 11.3 Å². The monoisotopic (exact) mass is 327 g/mol. The number of nitrogens with zero attached hydrogens (tertiary/aromatic N) is 2. The maximum atomic E-state index is 12.7. The average molecular weight is 327 g/mol. The number of urea groups is 1. The van der Waals surface area contributed by atoms with E-state index in [0.717, 1.165) is 19.3 Å². The third-order valence-electron chi connectivity index (χ3n) is 4.59. The number of imide groups is 1. The molecule has 1 aromatic rings. The van der Waals surface area contributed by atoms with Crippen LogP contribution in [-0.2, 0) is 11.3 Å². The van der Waals surface area contributed by atoms with Gasteiger partial charge in [0.15, 0.2) is 0 Å². The van der Waals surface area contributed by atoms with Gasteiger partial charge in [0.1, 0.15) is 5.54 Å². The van der Waals surface area contributed by atoms with Crippen LogP contribution in [0.5, 0.6) is 0 Å². The van der Waals surface area contributed by atoms with Crippen LogP contribution in [0.2, 0.25) is 0 Å². The number of unbranched alkanes of at least 4 members (excludes halogenated alkanes) is 4. The Labute approximate surface area is 143 Å². The second-order valence-corrected chi connectivity index (χ2v) is 6.59. The lowest BCUT2D eigenvalue weighted by Gasteiger charge is -2.21. The van der Waals surface area contributed by atoms with Crippen molar-refractivity contribution in [2.75, 3.05) is 0 Å². The van der Waals surface area contributed by atoms with E-state index < -0.39 is 5.54 Å².